The van der Waals surface area contributed by atoms with Crippen LogP contribution >= 0.6 is 0 Å². The molecule has 0 radical (unpaired) electrons. The van der Waals surface area contributed by atoms with Gasteiger partial charge in [-0.05, 0) is 6.92 Å². The molecule has 2 aromatic heterocycles. The number of aliphatic hydroxyl groups is 1. The molecule has 0 aliphatic carbocycles. The number of esters is 2. The smallest absolute Gasteiger partial charge is 0.448 e. The number of ether oxygens (including phenoxy) is 4. The summed E-state index contributed by atoms with van der Waals surface area (Å²) in [7, 11) is 1.05. The molecule has 0 spiro atoms. The summed E-state index contributed by atoms with van der Waals surface area (Å²) in [4.78, 5) is 73.5. The van der Waals surface area contributed by atoms with Crippen LogP contribution < -0.4 is 15.9 Å². The molecule has 0 aromatic carbocycles. The lowest BCUT2D eigenvalue weighted by molar-refractivity contribution is -0.162. The van der Waals surface area contributed by atoms with Crippen LogP contribution in [0.1, 0.15) is 33.9 Å². The Morgan fingerprint density at radius 2 is 1.92 bits per heavy atom. The van der Waals surface area contributed by atoms with Crippen LogP contribution in [0.2, 0.25) is 0 Å². The van der Waals surface area contributed by atoms with Gasteiger partial charge >= 0.3 is 24.0 Å². The Balaban J connectivity index is 1.94. The fraction of sp³-hybridized carbons (Fsp3) is 0.435. The topological polar surface area (TPSA) is 197 Å². The fourth-order valence-corrected chi connectivity index (χ4v) is 4.41. The molecular formula is C23H25N5O11. The average molecular weight is 547 g/mol. The van der Waals surface area contributed by atoms with Crippen LogP contribution in [0.25, 0.3) is 10.8 Å². The number of hydrogen-bond donors (Lipinski definition) is 2. The summed E-state index contributed by atoms with van der Waals surface area (Å²) >= 11 is 0. The van der Waals surface area contributed by atoms with E-state index in [-0.39, 0.29) is 34.7 Å². The Labute approximate surface area is 220 Å². The number of carbonyl (C=O) groups excluding carboxylic acids is 4. The van der Waals surface area contributed by atoms with Crippen molar-refractivity contribution in [2.75, 3.05) is 24.1 Å². The van der Waals surface area contributed by atoms with Crippen LogP contribution in [-0.4, -0.2) is 76.5 Å². The van der Waals surface area contributed by atoms with E-state index < -0.39 is 53.6 Å². The molecule has 2 N–H and O–H groups in total. The van der Waals surface area contributed by atoms with E-state index >= 15 is 0 Å². The van der Waals surface area contributed by atoms with Crippen molar-refractivity contribution in [2.45, 2.75) is 51.7 Å². The van der Waals surface area contributed by atoms with Crippen LogP contribution in [0.5, 0.6) is 0 Å². The Hall–Kier alpha value is -4.57. The predicted molar refractivity (Wildman–Crippen MR) is 131 cm³/mol. The molecule has 16 heteroatoms. The lowest BCUT2D eigenvalue weighted by Gasteiger charge is -2.30. The van der Waals surface area contributed by atoms with Gasteiger partial charge in [0.25, 0.3) is 5.56 Å². The molecule has 4 heterocycles. The molecule has 2 aliphatic heterocycles. The summed E-state index contributed by atoms with van der Waals surface area (Å²) in [6.45, 7) is 4.40. The van der Waals surface area contributed by atoms with Crippen LogP contribution in [0.3, 0.4) is 0 Å². The molecular weight excluding hydrogens is 522 g/mol. The van der Waals surface area contributed by atoms with E-state index in [9.17, 15) is 29.1 Å². The maximum Gasteiger partial charge on any atom is 0.448 e. The summed E-state index contributed by atoms with van der Waals surface area (Å²) in [6.07, 6.45) is -2.13. The van der Waals surface area contributed by atoms with Crippen molar-refractivity contribution in [3.05, 3.63) is 22.6 Å². The first kappa shape index (κ1) is 27.5. The van der Waals surface area contributed by atoms with Crippen LogP contribution in [0.15, 0.2) is 22.1 Å². The maximum atomic E-state index is 12.6. The quantitative estimate of drug-likeness (QED) is 0.301. The van der Waals surface area contributed by atoms with Gasteiger partial charge in [-0.15, -0.1) is 5.06 Å². The molecule has 1 amide bonds. The van der Waals surface area contributed by atoms with Crippen LogP contribution in [-0.2, 0) is 38.2 Å². The van der Waals surface area contributed by atoms with Crippen molar-refractivity contribution in [3.63, 3.8) is 0 Å². The Kier molecular flexibility index (Phi) is 7.25. The number of carbonyl (C=O) groups is 4. The number of aromatic nitrogens is 2. The van der Waals surface area contributed by atoms with Crippen molar-refractivity contribution < 1.29 is 48.1 Å². The first-order valence-corrected chi connectivity index (χ1v) is 11.5. The lowest BCUT2D eigenvalue weighted by Crippen LogP contribution is -2.47. The van der Waals surface area contributed by atoms with Gasteiger partial charge in [0, 0.05) is 38.4 Å². The van der Waals surface area contributed by atoms with Gasteiger partial charge < -0.3 is 38.8 Å². The number of rotatable bonds is 5. The molecule has 4 rings (SSSR count). The molecule has 0 saturated carbocycles. The minimum Gasteiger partial charge on any atom is -0.463 e. The summed E-state index contributed by atoms with van der Waals surface area (Å²) in [5, 5.41) is 15.1. The number of nitrogens with one attached hydrogen (secondary N) is 1. The first-order chi connectivity index (χ1) is 18.3. The van der Waals surface area contributed by atoms with Crippen LogP contribution in [0, 0.1) is 0 Å². The second-order valence-electron chi connectivity index (χ2n) is 8.81. The van der Waals surface area contributed by atoms with Crippen molar-refractivity contribution in [1.82, 2.24) is 9.55 Å². The second kappa shape index (κ2) is 10.3. The molecule has 208 valence electrons. The van der Waals surface area contributed by atoms with Gasteiger partial charge in [-0.2, -0.15) is 4.98 Å². The first-order valence-electron chi connectivity index (χ1n) is 11.5. The van der Waals surface area contributed by atoms with Crippen molar-refractivity contribution in [1.29, 1.82) is 0 Å². The predicted octanol–water partition coefficient (Wildman–Crippen LogP) is 0.676. The van der Waals surface area contributed by atoms with E-state index in [4.69, 9.17) is 23.8 Å². The molecule has 1 fully saturated rings. The fourth-order valence-electron chi connectivity index (χ4n) is 4.41. The van der Waals surface area contributed by atoms with E-state index in [1.807, 2.05) is 0 Å². The van der Waals surface area contributed by atoms with E-state index in [1.165, 1.54) is 30.9 Å². The van der Waals surface area contributed by atoms with Gasteiger partial charge in [-0.3, -0.25) is 14.4 Å². The monoisotopic (exact) mass is 547 g/mol. The molecule has 39 heavy (non-hydrogen) atoms. The number of aliphatic imine (C=N–C) groups is 1. The zero-order valence-electron chi connectivity index (χ0n) is 21.5. The van der Waals surface area contributed by atoms with E-state index in [2.05, 4.69) is 15.3 Å². The van der Waals surface area contributed by atoms with Gasteiger partial charge in [0.1, 0.15) is 35.6 Å². The van der Waals surface area contributed by atoms with E-state index in [0.717, 1.165) is 27.0 Å². The summed E-state index contributed by atoms with van der Waals surface area (Å²) in [5.74, 6) is -2.05. The van der Waals surface area contributed by atoms with E-state index in [1.54, 1.807) is 0 Å². The molecule has 4 atom stereocenters. The van der Waals surface area contributed by atoms with Gasteiger partial charge in [0.15, 0.2) is 12.3 Å². The molecule has 0 bridgehead atoms. The van der Waals surface area contributed by atoms with Gasteiger partial charge in [0.05, 0.1) is 18.8 Å². The largest absolute Gasteiger partial charge is 0.463 e. The molecule has 2 aromatic rings. The third kappa shape index (κ3) is 5.10. The van der Waals surface area contributed by atoms with Gasteiger partial charge in [0.2, 0.25) is 0 Å². The lowest BCUT2D eigenvalue weighted by atomic mass is 9.96. The summed E-state index contributed by atoms with van der Waals surface area (Å²) < 4.78 is 22.5. The minimum atomic E-state index is -1.90. The highest BCUT2D eigenvalue weighted by Crippen LogP contribution is 2.47. The zero-order chi connectivity index (χ0) is 28.6. The Bertz CT molecular complexity index is 1450. The maximum absolute atomic E-state index is 12.6. The number of hydrogen-bond acceptors (Lipinski definition) is 14. The average Bonchev–Trinajstić information content (AvgIpc) is 3.29. The Morgan fingerprint density at radius 1 is 1.21 bits per heavy atom. The van der Waals surface area contributed by atoms with Gasteiger partial charge in [-0.25, -0.2) is 14.6 Å². The molecule has 2 aliphatic rings. The third-order valence-electron chi connectivity index (χ3n) is 5.88. The van der Waals surface area contributed by atoms with Crippen molar-refractivity contribution in [2.24, 2.45) is 4.99 Å². The standard InChI is InChI=1S/C23H25N5O11/c1-10(29)36-8-15-18(37-11(2)30)23(4,34)21(38-15)27-7-13-14(28(22(33)35-5)39-12(3)31)6-16(32)26-19-17(13)20(27)25-9-24-19/h6-7,9,15,18,21,34H,8H2,1-5H3,(H,24,25,26,32). The highest BCUT2D eigenvalue weighted by molar-refractivity contribution is 6.12. The number of anilines is 2. The molecule has 16 nitrogen and oxygen atoms in total. The molecule has 1 saturated heterocycles. The number of nitrogens with zero attached hydrogens (tertiary/aromatic N) is 4. The normalized spacial score (nSPS) is 23.1. The number of amides is 1. The minimum absolute atomic E-state index is 0.0447. The number of methoxy groups -OCH3 is 1. The van der Waals surface area contributed by atoms with Crippen molar-refractivity contribution >= 4 is 58.4 Å². The summed E-state index contributed by atoms with van der Waals surface area (Å²) in [6, 6.07) is 0.950. The zero-order valence-corrected chi connectivity index (χ0v) is 21.5. The Morgan fingerprint density at radius 3 is 2.54 bits per heavy atom. The highest BCUT2D eigenvalue weighted by Gasteiger charge is 2.56. The number of hydroxylamine groups is 1. The van der Waals surface area contributed by atoms with E-state index in [0.29, 0.717) is 5.06 Å². The summed E-state index contributed by atoms with van der Waals surface area (Å²) in [5.41, 5.74) is -2.92. The highest BCUT2D eigenvalue weighted by atomic mass is 16.7. The molecule has 4 unspecified atom stereocenters. The second-order valence-corrected chi connectivity index (χ2v) is 8.81. The SMILES string of the molecule is COC(=O)N(OC(C)=O)c1cc(=O)nc2c3c(n(C4OC(COC(C)=O)C(OC(C)=O)C4(C)O)cc13)N=CN2. The van der Waals surface area contributed by atoms with Crippen molar-refractivity contribution in [3.8, 4) is 0 Å². The third-order valence-corrected chi connectivity index (χ3v) is 5.88. The van der Waals surface area contributed by atoms with Crippen LogP contribution in [0.4, 0.5) is 22.1 Å². The van der Waals surface area contributed by atoms with Gasteiger partial charge in [-0.1, -0.05) is 0 Å².